The zero-order valence-corrected chi connectivity index (χ0v) is 13.9. The van der Waals surface area contributed by atoms with Crippen molar-refractivity contribution >= 4 is 15.6 Å². The molecule has 1 aliphatic heterocycles. The van der Waals surface area contributed by atoms with Crippen LogP contribution >= 0.6 is 15.6 Å². The predicted octanol–water partition coefficient (Wildman–Crippen LogP) is -2.62. The largest absolute Gasteiger partial charge is 0.481 e. The van der Waals surface area contributed by atoms with Crippen LogP contribution in [0.15, 0.2) is 21.9 Å². The first-order valence-corrected chi connectivity index (χ1v) is 9.49. The van der Waals surface area contributed by atoms with Crippen LogP contribution in [0.2, 0.25) is 0 Å². The van der Waals surface area contributed by atoms with Gasteiger partial charge in [0, 0.05) is 12.3 Å². The van der Waals surface area contributed by atoms with E-state index in [-0.39, 0.29) is 0 Å². The highest BCUT2D eigenvalue weighted by molar-refractivity contribution is 7.60. The fourth-order valence-electron chi connectivity index (χ4n) is 2.05. The van der Waals surface area contributed by atoms with E-state index in [4.69, 9.17) is 19.4 Å². The van der Waals surface area contributed by atoms with Crippen LogP contribution in [0.1, 0.15) is 6.23 Å². The predicted molar refractivity (Wildman–Crippen MR) is 76.2 cm³/mol. The second-order valence-corrected chi connectivity index (χ2v) is 7.73. The van der Waals surface area contributed by atoms with E-state index < -0.39 is 58.0 Å². The minimum atomic E-state index is -5.32. The number of ether oxygens (including phenoxy) is 1. The highest BCUT2D eigenvalue weighted by Gasteiger charge is 2.45. The summed E-state index contributed by atoms with van der Waals surface area (Å²) < 4.78 is 35.6. The van der Waals surface area contributed by atoms with Gasteiger partial charge in [-0.2, -0.15) is 4.31 Å². The van der Waals surface area contributed by atoms with E-state index in [1.54, 1.807) is 0 Å². The summed E-state index contributed by atoms with van der Waals surface area (Å²) in [6.07, 6.45) is -5.25. The molecule has 1 fully saturated rings. The van der Waals surface area contributed by atoms with Gasteiger partial charge in [-0.3, -0.25) is 18.9 Å². The molecule has 0 aliphatic carbocycles. The molecule has 1 aromatic rings. The molecule has 14 nitrogen and oxygen atoms in total. The van der Waals surface area contributed by atoms with E-state index in [1.807, 2.05) is 4.98 Å². The van der Waals surface area contributed by atoms with Crippen LogP contribution in [0.4, 0.5) is 0 Å². The highest BCUT2D eigenvalue weighted by Crippen LogP contribution is 2.57. The standard InChI is InChI=1S/C9H14N2O12P2/c12-5-1-2-11(9(15)10-5)8-7(14)6(13)4(22-8)3-21-25(19,20)23-24(16,17)18/h1-2,4,6-8,13-14H,3H2,(H,19,20)(H,10,12,15)(H2,16,17,18)/t4-,6-,7-,8-/m0/s1. The van der Waals surface area contributed by atoms with Gasteiger partial charge in [0.25, 0.3) is 5.56 Å². The lowest BCUT2D eigenvalue weighted by molar-refractivity contribution is -0.0542. The Morgan fingerprint density at radius 1 is 1.20 bits per heavy atom. The van der Waals surface area contributed by atoms with Crippen molar-refractivity contribution < 1.29 is 47.6 Å². The van der Waals surface area contributed by atoms with Gasteiger partial charge in [-0.05, 0) is 0 Å². The van der Waals surface area contributed by atoms with Gasteiger partial charge in [0.15, 0.2) is 6.23 Å². The number of phosphoric ester groups is 1. The number of aliphatic hydroxyl groups excluding tert-OH is 2. The molecule has 6 N–H and O–H groups in total. The van der Waals surface area contributed by atoms with Gasteiger partial charge in [0.05, 0.1) is 6.61 Å². The number of phosphoric acid groups is 2. The number of aromatic nitrogens is 2. The average molecular weight is 404 g/mol. The first-order chi connectivity index (χ1) is 11.4. The Labute approximate surface area is 138 Å². The van der Waals surface area contributed by atoms with E-state index in [0.717, 1.165) is 16.8 Å². The van der Waals surface area contributed by atoms with E-state index >= 15 is 0 Å². The number of rotatable bonds is 6. The molecule has 1 aliphatic rings. The number of nitrogens with zero attached hydrogens (tertiary/aromatic N) is 1. The number of aliphatic hydroxyl groups is 2. The first-order valence-electron chi connectivity index (χ1n) is 6.47. The van der Waals surface area contributed by atoms with Crippen LogP contribution in [-0.4, -0.2) is 59.4 Å². The summed E-state index contributed by atoms with van der Waals surface area (Å²) in [7, 11) is -10.5. The van der Waals surface area contributed by atoms with E-state index in [0.29, 0.717) is 0 Å². The average Bonchev–Trinajstić information content (AvgIpc) is 2.71. The molecule has 2 heterocycles. The first kappa shape index (κ1) is 20.1. The number of H-pyrrole nitrogens is 1. The van der Waals surface area contributed by atoms with Gasteiger partial charge in [-0.1, -0.05) is 0 Å². The maximum absolute atomic E-state index is 11.7. The molecule has 142 valence electrons. The van der Waals surface area contributed by atoms with Crippen LogP contribution in [0.3, 0.4) is 0 Å². The van der Waals surface area contributed by atoms with Crippen molar-refractivity contribution in [3.63, 3.8) is 0 Å². The third kappa shape index (κ3) is 5.15. The highest BCUT2D eigenvalue weighted by atomic mass is 31.3. The molecular weight excluding hydrogens is 390 g/mol. The zero-order chi connectivity index (χ0) is 19.0. The molecule has 0 spiro atoms. The van der Waals surface area contributed by atoms with Crippen molar-refractivity contribution in [3.05, 3.63) is 33.1 Å². The second-order valence-electron chi connectivity index (χ2n) is 4.90. The smallest absolute Gasteiger partial charge is 0.387 e. The Morgan fingerprint density at radius 3 is 2.40 bits per heavy atom. The number of nitrogens with one attached hydrogen (secondary N) is 1. The fourth-order valence-corrected chi connectivity index (χ4v) is 3.65. The van der Waals surface area contributed by atoms with Crippen LogP contribution < -0.4 is 11.2 Å². The van der Waals surface area contributed by atoms with Crippen LogP contribution in [0.5, 0.6) is 0 Å². The Morgan fingerprint density at radius 2 is 1.84 bits per heavy atom. The monoisotopic (exact) mass is 404 g/mol. The summed E-state index contributed by atoms with van der Waals surface area (Å²) in [5.41, 5.74) is -1.65. The Hall–Kier alpha value is -1.18. The van der Waals surface area contributed by atoms with Gasteiger partial charge in [-0.15, -0.1) is 0 Å². The molecular formula is C9H14N2O12P2. The molecule has 0 saturated carbocycles. The molecule has 5 atom stereocenters. The Bertz CT molecular complexity index is 828. The van der Waals surface area contributed by atoms with Crippen molar-refractivity contribution in [2.45, 2.75) is 24.5 Å². The molecule has 1 unspecified atom stereocenters. The molecule has 25 heavy (non-hydrogen) atoms. The molecule has 0 radical (unpaired) electrons. The second kappa shape index (κ2) is 7.21. The van der Waals surface area contributed by atoms with Crippen LogP contribution in [0, 0.1) is 0 Å². The summed E-state index contributed by atoms with van der Waals surface area (Å²) in [6.45, 7) is -0.902. The summed E-state index contributed by atoms with van der Waals surface area (Å²) in [6, 6.07) is 0.962. The molecule has 1 aromatic heterocycles. The molecule has 16 heteroatoms. The zero-order valence-electron chi connectivity index (χ0n) is 12.1. The van der Waals surface area contributed by atoms with Crippen LogP contribution in [0.25, 0.3) is 0 Å². The van der Waals surface area contributed by atoms with Gasteiger partial charge in [0.1, 0.15) is 18.3 Å². The minimum Gasteiger partial charge on any atom is -0.387 e. The van der Waals surface area contributed by atoms with Crippen molar-refractivity contribution in [2.75, 3.05) is 6.61 Å². The van der Waals surface area contributed by atoms with E-state index in [1.165, 1.54) is 0 Å². The van der Waals surface area contributed by atoms with Crippen molar-refractivity contribution in [1.29, 1.82) is 0 Å². The molecule has 0 aromatic carbocycles. The van der Waals surface area contributed by atoms with Gasteiger partial charge in [0.2, 0.25) is 0 Å². The maximum atomic E-state index is 11.7. The fraction of sp³-hybridized carbons (Fsp3) is 0.556. The molecule has 1 saturated heterocycles. The molecule has 0 amide bonds. The van der Waals surface area contributed by atoms with E-state index in [9.17, 15) is 28.9 Å². The summed E-state index contributed by atoms with van der Waals surface area (Å²) >= 11 is 0. The number of aromatic amines is 1. The van der Waals surface area contributed by atoms with Gasteiger partial charge >= 0.3 is 21.3 Å². The lowest BCUT2D eigenvalue weighted by Crippen LogP contribution is -2.37. The quantitative estimate of drug-likeness (QED) is 0.269. The lowest BCUT2D eigenvalue weighted by Gasteiger charge is -2.17. The van der Waals surface area contributed by atoms with Crippen molar-refractivity contribution in [2.24, 2.45) is 0 Å². The molecule has 0 bridgehead atoms. The summed E-state index contributed by atoms with van der Waals surface area (Å²) in [5, 5.41) is 19.8. The minimum absolute atomic E-state index is 0.704. The Balaban J connectivity index is 2.09. The van der Waals surface area contributed by atoms with Crippen molar-refractivity contribution in [3.8, 4) is 0 Å². The number of hydrogen-bond donors (Lipinski definition) is 6. The Kier molecular flexibility index (Phi) is 5.81. The van der Waals surface area contributed by atoms with Gasteiger partial charge in [-0.25, -0.2) is 13.9 Å². The summed E-state index contributed by atoms with van der Waals surface area (Å²) in [4.78, 5) is 50.7. The number of hydrogen-bond acceptors (Lipinski definition) is 9. The van der Waals surface area contributed by atoms with Gasteiger partial charge < -0.3 is 29.6 Å². The molecule has 2 rings (SSSR count). The lowest BCUT2D eigenvalue weighted by atomic mass is 10.1. The summed E-state index contributed by atoms with van der Waals surface area (Å²) in [5.74, 6) is 0. The maximum Gasteiger partial charge on any atom is 0.481 e. The third-order valence-corrected chi connectivity index (χ3v) is 5.23. The third-order valence-electron chi connectivity index (χ3n) is 3.07. The van der Waals surface area contributed by atoms with E-state index in [2.05, 4.69) is 8.83 Å². The normalized spacial score (nSPS) is 29.5. The SMILES string of the molecule is O=c1ccn([C@H]2O[C@@H](COP(=O)(O)OP(=O)(O)O)[C@H](O)[C@@H]2O)c(=O)[nH]1. The topological polar surface area (TPSA) is 218 Å². The van der Waals surface area contributed by atoms with Crippen LogP contribution in [-0.2, 0) is 22.7 Å². The van der Waals surface area contributed by atoms with Crippen molar-refractivity contribution in [1.82, 2.24) is 9.55 Å².